The van der Waals surface area contributed by atoms with Gasteiger partial charge in [-0.05, 0) is 45.0 Å². The maximum atomic E-state index is 12.8. The smallest absolute Gasteiger partial charge is 0.256 e. The molecule has 1 aliphatic rings. The minimum absolute atomic E-state index is 0.0507. The predicted octanol–water partition coefficient (Wildman–Crippen LogP) is 4.05. The number of aromatic nitrogens is 1. The van der Waals surface area contributed by atoms with E-state index in [1.165, 1.54) is 25.7 Å². The average Bonchev–Trinajstić information content (AvgIpc) is 3.19. The molecule has 0 aromatic carbocycles. The van der Waals surface area contributed by atoms with E-state index in [-0.39, 0.29) is 17.9 Å². The van der Waals surface area contributed by atoms with E-state index in [0.29, 0.717) is 23.6 Å². The van der Waals surface area contributed by atoms with E-state index in [9.17, 15) is 4.79 Å². The number of nitrogens with one attached hydrogen (secondary N) is 1. The first kappa shape index (κ1) is 18.7. The van der Waals surface area contributed by atoms with E-state index in [1.807, 2.05) is 32.9 Å². The highest BCUT2D eigenvalue weighted by atomic mass is 16.5. The molecule has 1 fully saturated rings. The lowest BCUT2D eigenvalue weighted by Gasteiger charge is -2.29. The summed E-state index contributed by atoms with van der Waals surface area (Å²) in [6.07, 6.45) is 6.61. The molecule has 3 rings (SSSR count). The van der Waals surface area contributed by atoms with Gasteiger partial charge in [0, 0.05) is 12.5 Å². The predicted molar refractivity (Wildman–Crippen MR) is 99.2 cm³/mol. The fourth-order valence-corrected chi connectivity index (χ4v) is 3.63. The van der Waals surface area contributed by atoms with Crippen LogP contribution in [-0.2, 0) is 0 Å². The number of rotatable bonds is 6. The third kappa shape index (κ3) is 4.18. The Balaban J connectivity index is 1.73. The van der Waals surface area contributed by atoms with E-state index in [4.69, 9.17) is 8.94 Å². The minimum atomic E-state index is -0.126. The third-order valence-corrected chi connectivity index (χ3v) is 5.05. The zero-order valence-electron chi connectivity index (χ0n) is 16.0. The number of hydrogen-bond acceptors (Lipinski definition) is 5. The minimum Gasteiger partial charge on any atom is -0.468 e. The molecule has 6 heteroatoms. The lowest BCUT2D eigenvalue weighted by atomic mass is 10.0. The van der Waals surface area contributed by atoms with Crippen molar-refractivity contribution in [2.45, 2.75) is 58.4 Å². The summed E-state index contributed by atoms with van der Waals surface area (Å²) >= 11 is 0. The van der Waals surface area contributed by atoms with Crippen molar-refractivity contribution in [3.8, 4) is 0 Å². The molecule has 1 atom stereocenters. The Bertz CT molecular complexity index is 698. The van der Waals surface area contributed by atoms with Gasteiger partial charge < -0.3 is 14.3 Å². The summed E-state index contributed by atoms with van der Waals surface area (Å²) < 4.78 is 11.0. The van der Waals surface area contributed by atoms with E-state index in [1.54, 1.807) is 6.26 Å². The molecule has 2 aromatic heterocycles. The molecule has 2 aromatic rings. The first-order valence-corrected chi connectivity index (χ1v) is 9.59. The highest BCUT2D eigenvalue weighted by Crippen LogP contribution is 2.25. The summed E-state index contributed by atoms with van der Waals surface area (Å²) in [6.45, 7) is 8.38. The number of furan rings is 1. The van der Waals surface area contributed by atoms with Crippen LogP contribution >= 0.6 is 0 Å². The number of aryl methyl sites for hydroxylation is 1. The number of carbonyl (C=O) groups is 1. The molecule has 1 amide bonds. The van der Waals surface area contributed by atoms with Crippen LogP contribution in [0.5, 0.6) is 0 Å². The monoisotopic (exact) mass is 359 g/mol. The van der Waals surface area contributed by atoms with Crippen LogP contribution in [0.25, 0.3) is 0 Å². The van der Waals surface area contributed by atoms with Crippen LogP contribution in [0.2, 0.25) is 0 Å². The van der Waals surface area contributed by atoms with Crippen LogP contribution in [0.15, 0.2) is 27.3 Å². The van der Waals surface area contributed by atoms with Crippen molar-refractivity contribution in [1.29, 1.82) is 0 Å². The summed E-state index contributed by atoms with van der Waals surface area (Å²) in [5.74, 6) is 1.53. The Morgan fingerprint density at radius 1 is 1.27 bits per heavy atom. The molecule has 1 saturated heterocycles. The Labute approximate surface area is 154 Å². The van der Waals surface area contributed by atoms with Crippen molar-refractivity contribution in [3.05, 3.63) is 41.2 Å². The topological polar surface area (TPSA) is 71.5 Å². The van der Waals surface area contributed by atoms with Gasteiger partial charge >= 0.3 is 0 Å². The second-order valence-corrected chi connectivity index (χ2v) is 7.35. The van der Waals surface area contributed by atoms with Gasteiger partial charge in [0.25, 0.3) is 5.91 Å². The van der Waals surface area contributed by atoms with Gasteiger partial charge in [-0.15, -0.1) is 0 Å². The summed E-state index contributed by atoms with van der Waals surface area (Å²) in [5, 5.41) is 7.06. The Kier molecular flexibility index (Phi) is 6.14. The summed E-state index contributed by atoms with van der Waals surface area (Å²) in [6, 6.07) is 3.95. The van der Waals surface area contributed by atoms with Gasteiger partial charge in [0.1, 0.15) is 11.3 Å². The van der Waals surface area contributed by atoms with Crippen LogP contribution in [-0.4, -0.2) is 35.6 Å². The molecular formula is C20H29N3O3. The number of hydrogen-bond donors (Lipinski definition) is 1. The molecule has 1 N–H and O–H groups in total. The lowest BCUT2D eigenvalue weighted by molar-refractivity contribution is 0.0924. The van der Waals surface area contributed by atoms with Gasteiger partial charge in [-0.1, -0.05) is 31.8 Å². The van der Waals surface area contributed by atoms with Gasteiger partial charge in [0.2, 0.25) is 0 Å². The lowest BCUT2D eigenvalue weighted by Crippen LogP contribution is -2.38. The van der Waals surface area contributed by atoms with Crippen molar-refractivity contribution < 1.29 is 13.7 Å². The average molecular weight is 359 g/mol. The van der Waals surface area contributed by atoms with E-state index in [2.05, 4.69) is 15.4 Å². The summed E-state index contributed by atoms with van der Waals surface area (Å²) in [4.78, 5) is 15.2. The van der Waals surface area contributed by atoms with Crippen molar-refractivity contribution in [2.24, 2.45) is 0 Å². The van der Waals surface area contributed by atoms with Gasteiger partial charge in [0.15, 0.2) is 5.76 Å². The second kappa shape index (κ2) is 8.54. The number of nitrogens with zero attached hydrogens (tertiary/aromatic N) is 2. The maximum absolute atomic E-state index is 12.8. The molecule has 1 aliphatic heterocycles. The molecule has 26 heavy (non-hydrogen) atoms. The molecule has 0 saturated carbocycles. The Hall–Kier alpha value is -2.08. The Morgan fingerprint density at radius 2 is 2.00 bits per heavy atom. The van der Waals surface area contributed by atoms with Crippen molar-refractivity contribution in [2.75, 3.05) is 19.6 Å². The zero-order valence-corrected chi connectivity index (χ0v) is 16.0. The van der Waals surface area contributed by atoms with Crippen LogP contribution < -0.4 is 5.32 Å². The van der Waals surface area contributed by atoms with E-state index in [0.717, 1.165) is 18.8 Å². The Morgan fingerprint density at radius 3 is 2.62 bits per heavy atom. The van der Waals surface area contributed by atoms with Gasteiger partial charge in [-0.2, -0.15) is 0 Å². The number of likely N-dealkylation sites (tertiary alicyclic amines) is 1. The number of carbonyl (C=O) groups excluding carboxylic acids is 1. The normalized spacial score (nSPS) is 17.2. The van der Waals surface area contributed by atoms with Gasteiger partial charge in [-0.25, -0.2) is 0 Å². The molecular weight excluding hydrogens is 330 g/mol. The summed E-state index contributed by atoms with van der Waals surface area (Å²) in [5.41, 5.74) is 1.20. The SMILES string of the molecule is Cc1noc(C(C)C)c1C(=O)NCC(c1ccco1)N1CCCCCC1. The van der Waals surface area contributed by atoms with E-state index < -0.39 is 0 Å². The largest absolute Gasteiger partial charge is 0.468 e. The highest BCUT2D eigenvalue weighted by molar-refractivity contribution is 5.96. The van der Waals surface area contributed by atoms with Crippen molar-refractivity contribution in [3.63, 3.8) is 0 Å². The zero-order chi connectivity index (χ0) is 18.5. The third-order valence-electron chi connectivity index (χ3n) is 5.05. The molecule has 0 aliphatic carbocycles. The summed E-state index contributed by atoms with van der Waals surface area (Å²) in [7, 11) is 0. The molecule has 0 spiro atoms. The standard InChI is InChI=1S/C20H29N3O3/c1-14(2)19-18(15(3)22-26-19)20(24)21-13-16(17-9-8-12-25-17)23-10-6-4-5-7-11-23/h8-9,12,14,16H,4-7,10-11,13H2,1-3H3,(H,21,24). The van der Waals surface area contributed by atoms with Crippen LogP contribution in [0.4, 0.5) is 0 Å². The molecule has 6 nitrogen and oxygen atoms in total. The first-order valence-electron chi connectivity index (χ1n) is 9.59. The van der Waals surface area contributed by atoms with Crippen LogP contribution in [0.3, 0.4) is 0 Å². The highest BCUT2D eigenvalue weighted by Gasteiger charge is 2.27. The molecule has 0 radical (unpaired) electrons. The van der Waals surface area contributed by atoms with Gasteiger partial charge in [0.05, 0.1) is 18.0 Å². The molecule has 142 valence electrons. The second-order valence-electron chi connectivity index (χ2n) is 7.35. The van der Waals surface area contributed by atoms with E-state index >= 15 is 0 Å². The fraction of sp³-hybridized carbons (Fsp3) is 0.600. The molecule has 0 bridgehead atoms. The fourth-order valence-electron chi connectivity index (χ4n) is 3.63. The molecule has 3 heterocycles. The van der Waals surface area contributed by atoms with Crippen LogP contribution in [0.1, 0.15) is 79.1 Å². The van der Waals surface area contributed by atoms with Crippen molar-refractivity contribution in [1.82, 2.24) is 15.4 Å². The number of amides is 1. The molecule has 1 unspecified atom stereocenters. The van der Waals surface area contributed by atoms with Crippen LogP contribution in [0, 0.1) is 6.92 Å². The van der Waals surface area contributed by atoms with Gasteiger partial charge in [-0.3, -0.25) is 9.69 Å². The van der Waals surface area contributed by atoms with Crippen molar-refractivity contribution >= 4 is 5.91 Å². The quantitative estimate of drug-likeness (QED) is 0.842. The maximum Gasteiger partial charge on any atom is 0.256 e. The first-order chi connectivity index (χ1) is 12.6.